The molecular formula is C18H22BrNO2. The number of hydrogen-bond acceptors (Lipinski definition) is 3. The first-order valence-corrected chi connectivity index (χ1v) is 8.40. The van der Waals surface area contributed by atoms with Crippen molar-refractivity contribution in [1.82, 2.24) is 0 Å². The summed E-state index contributed by atoms with van der Waals surface area (Å²) in [5.41, 5.74) is 2.23. The van der Waals surface area contributed by atoms with Crippen molar-refractivity contribution in [1.29, 1.82) is 0 Å². The zero-order valence-electron chi connectivity index (χ0n) is 13.1. The van der Waals surface area contributed by atoms with Gasteiger partial charge in [0.25, 0.3) is 0 Å². The van der Waals surface area contributed by atoms with Crippen molar-refractivity contribution in [3.63, 3.8) is 0 Å². The molecule has 0 amide bonds. The van der Waals surface area contributed by atoms with Crippen LogP contribution in [-0.4, -0.2) is 13.2 Å². The van der Waals surface area contributed by atoms with E-state index in [0.29, 0.717) is 13.2 Å². The van der Waals surface area contributed by atoms with Gasteiger partial charge in [0, 0.05) is 16.7 Å². The number of hydrogen-bond donors (Lipinski definition) is 1. The normalized spacial score (nSPS) is 10.3. The van der Waals surface area contributed by atoms with Gasteiger partial charge >= 0.3 is 0 Å². The fourth-order valence-electron chi connectivity index (χ4n) is 2.06. The summed E-state index contributed by atoms with van der Waals surface area (Å²) in [6, 6.07) is 14.2. The molecule has 0 radical (unpaired) electrons. The second kappa shape index (κ2) is 8.69. The lowest BCUT2D eigenvalue weighted by Gasteiger charge is -2.15. The summed E-state index contributed by atoms with van der Waals surface area (Å²) in [6.45, 7) is 6.10. The van der Waals surface area contributed by atoms with Crippen LogP contribution in [0.5, 0.6) is 11.5 Å². The third-order valence-electron chi connectivity index (χ3n) is 3.13. The summed E-state index contributed by atoms with van der Waals surface area (Å²) >= 11 is 3.62. The fraction of sp³-hybridized carbons (Fsp3) is 0.333. The number of ether oxygens (including phenoxy) is 2. The van der Waals surface area contributed by atoms with Crippen LogP contribution in [0.2, 0.25) is 0 Å². The minimum atomic E-state index is 0.621. The first-order chi connectivity index (χ1) is 10.7. The average molecular weight is 364 g/mol. The maximum absolute atomic E-state index is 5.76. The number of rotatable bonds is 8. The molecule has 22 heavy (non-hydrogen) atoms. The summed E-state index contributed by atoms with van der Waals surface area (Å²) in [4.78, 5) is 0. The quantitative estimate of drug-likeness (QED) is 0.694. The average Bonchev–Trinajstić information content (AvgIpc) is 2.54. The molecule has 0 fully saturated rings. The van der Waals surface area contributed by atoms with Gasteiger partial charge in [0.1, 0.15) is 0 Å². The molecule has 0 saturated heterocycles. The van der Waals surface area contributed by atoms with Crippen LogP contribution in [0.1, 0.15) is 25.8 Å². The van der Waals surface area contributed by atoms with Crippen molar-refractivity contribution in [3.8, 4) is 11.5 Å². The predicted molar refractivity (Wildman–Crippen MR) is 94.9 cm³/mol. The lowest BCUT2D eigenvalue weighted by atomic mass is 10.2. The Morgan fingerprint density at radius 1 is 1.00 bits per heavy atom. The van der Waals surface area contributed by atoms with Crippen molar-refractivity contribution in [2.24, 2.45) is 0 Å². The van der Waals surface area contributed by atoms with Crippen LogP contribution in [0.3, 0.4) is 0 Å². The Hall–Kier alpha value is -1.68. The summed E-state index contributed by atoms with van der Waals surface area (Å²) < 4.78 is 12.5. The highest BCUT2D eigenvalue weighted by molar-refractivity contribution is 9.10. The molecule has 0 bridgehead atoms. The Bertz CT molecular complexity index is 587. The standard InChI is InChI=1S/C18H22BrNO2/c1-3-10-22-18-12-16(19)14(11-17(18)21-4-2)13-20-15-8-6-5-7-9-15/h5-9,11-12,20H,3-4,10,13H2,1-2H3. The predicted octanol–water partition coefficient (Wildman–Crippen LogP) is 5.25. The number of para-hydroxylation sites is 1. The van der Waals surface area contributed by atoms with E-state index in [9.17, 15) is 0 Å². The van der Waals surface area contributed by atoms with Crippen LogP contribution < -0.4 is 14.8 Å². The van der Waals surface area contributed by atoms with Crippen molar-refractivity contribution >= 4 is 21.6 Å². The molecule has 4 heteroatoms. The molecule has 0 saturated carbocycles. The molecule has 0 aliphatic rings. The molecule has 2 aromatic rings. The van der Waals surface area contributed by atoms with Crippen LogP contribution in [0.15, 0.2) is 46.9 Å². The Balaban J connectivity index is 2.14. The molecule has 2 aromatic carbocycles. The SMILES string of the molecule is CCCOc1cc(Br)c(CNc2ccccc2)cc1OCC. The van der Waals surface area contributed by atoms with E-state index in [-0.39, 0.29) is 0 Å². The molecule has 0 atom stereocenters. The first kappa shape index (κ1) is 16.7. The van der Waals surface area contributed by atoms with Gasteiger partial charge < -0.3 is 14.8 Å². The van der Waals surface area contributed by atoms with E-state index in [2.05, 4.69) is 40.3 Å². The lowest BCUT2D eigenvalue weighted by Crippen LogP contribution is -2.04. The summed E-state index contributed by atoms with van der Waals surface area (Å²) in [5.74, 6) is 1.59. The van der Waals surface area contributed by atoms with E-state index in [1.165, 1.54) is 0 Å². The molecule has 118 valence electrons. The van der Waals surface area contributed by atoms with E-state index in [4.69, 9.17) is 9.47 Å². The zero-order valence-corrected chi connectivity index (χ0v) is 14.7. The molecule has 1 N–H and O–H groups in total. The summed E-state index contributed by atoms with van der Waals surface area (Å²) in [6.07, 6.45) is 0.973. The molecule has 2 rings (SSSR count). The molecule has 3 nitrogen and oxygen atoms in total. The van der Waals surface area contributed by atoms with Gasteiger partial charge in [-0.3, -0.25) is 0 Å². The number of halogens is 1. The molecule has 0 aliphatic carbocycles. The lowest BCUT2D eigenvalue weighted by molar-refractivity contribution is 0.276. The Morgan fingerprint density at radius 2 is 1.73 bits per heavy atom. The van der Waals surface area contributed by atoms with Gasteiger partial charge in [-0.15, -0.1) is 0 Å². The van der Waals surface area contributed by atoms with E-state index in [0.717, 1.165) is 40.2 Å². The topological polar surface area (TPSA) is 30.5 Å². The van der Waals surface area contributed by atoms with E-state index in [1.54, 1.807) is 0 Å². The van der Waals surface area contributed by atoms with Crippen molar-refractivity contribution < 1.29 is 9.47 Å². The maximum Gasteiger partial charge on any atom is 0.162 e. The zero-order chi connectivity index (χ0) is 15.8. The molecule has 0 heterocycles. The van der Waals surface area contributed by atoms with Gasteiger partial charge in [-0.1, -0.05) is 41.1 Å². The number of anilines is 1. The Kier molecular flexibility index (Phi) is 6.59. The van der Waals surface area contributed by atoms with E-state index < -0.39 is 0 Å². The van der Waals surface area contributed by atoms with Gasteiger partial charge in [-0.05, 0) is 43.2 Å². The number of nitrogens with one attached hydrogen (secondary N) is 1. The molecule has 0 spiro atoms. The smallest absolute Gasteiger partial charge is 0.162 e. The highest BCUT2D eigenvalue weighted by Crippen LogP contribution is 2.34. The molecule has 0 aromatic heterocycles. The Labute approximate surface area is 140 Å². The molecule has 0 unspecified atom stereocenters. The minimum absolute atomic E-state index is 0.621. The molecular weight excluding hydrogens is 342 g/mol. The van der Waals surface area contributed by atoms with Crippen molar-refractivity contribution in [3.05, 3.63) is 52.5 Å². The van der Waals surface area contributed by atoms with Crippen molar-refractivity contribution in [2.45, 2.75) is 26.8 Å². The highest BCUT2D eigenvalue weighted by atomic mass is 79.9. The van der Waals surface area contributed by atoms with E-state index >= 15 is 0 Å². The highest BCUT2D eigenvalue weighted by Gasteiger charge is 2.10. The van der Waals surface area contributed by atoms with Gasteiger partial charge in [-0.2, -0.15) is 0 Å². The van der Waals surface area contributed by atoms with Crippen LogP contribution in [0, 0.1) is 0 Å². The van der Waals surface area contributed by atoms with Gasteiger partial charge in [0.05, 0.1) is 13.2 Å². The third-order valence-corrected chi connectivity index (χ3v) is 3.87. The largest absolute Gasteiger partial charge is 0.490 e. The fourth-order valence-corrected chi connectivity index (χ4v) is 2.52. The first-order valence-electron chi connectivity index (χ1n) is 7.61. The van der Waals surface area contributed by atoms with Crippen LogP contribution in [0.4, 0.5) is 5.69 Å². The second-order valence-electron chi connectivity index (χ2n) is 4.89. The van der Waals surface area contributed by atoms with Gasteiger partial charge in [0.15, 0.2) is 11.5 Å². The number of benzene rings is 2. The monoisotopic (exact) mass is 363 g/mol. The van der Waals surface area contributed by atoms with E-state index in [1.807, 2.05) is 37.3 Å². The van der Waals surface area contributed by atoms with Crippen LogP contribution in [-0.2, 0) is 6.54 Å². The Morgan fingerprint density at radius 3 is 2.41 bits per heavy atom. The minimum Gasteiger partial charge on any atom is -0.490 e. The third kappa shape index (κ3) is 4.67. The van der Waals surface area contributed by atoms with Gasteiger partial charge in [-0.25, -0.2) is 0 Å². The summed E-state index contributed by atoms with van der Waals surface area (Å²) in [5, 5.41) is 3.41. The van der Waals surface area contributed by atoms with Crippen LogP contribution >= 0.6 is 15.9 Å². The molecule has 0 aliphatic heterocycles. The summed E-state index contributed by atoms with van der Waals surface area (Å²) in [7, 11) is 0. The van der Waals surface area contributed by atoms with Crippen LogP contribution in [0.25, 0.3) is 0 Å². The van der Waals surface area contributed by atoms with Crippen molar-refractivity contribution in [2.75, 3.05) is 18.5 Å². The van der Waals surface area contributed by atoms with Gasteiger partial charge in [0.2, 0.25) is 0 Å². The second-order valence-corrected chi connectivity index (χ2v) is 5.75. The maximum atomic E-state index is 5.76.